The first-order chi connectivity index (χ1) is 19.2. The molecule has 0 saturated carbocycles. The van der Waals surface area contributed by atoms with Crippen molar-refractivity contribution < 1.29 is 42.1 Å². The van der Waals surface area contributed by atoms with Gasteiger partial charge in [0.2, 0.25) is 5.75 Å². The molecule has 0 atom stereocenters. The third-order valence-electron chi connectivity index (χ3n) is 5.45. The standard InChI is InChI=1S/C24H11Br2F3N4O8/c25-16-8-11(9-17(26)20(16)41-19-6-1-12(24(27,28)29)10-18(19)33(39)40)7-15-21(34)30-23(36)31(22(15)35)13-2-4-14(5-3-13)32(37)38/h1-10H,(H,30,34,36)/b15-7+. The van der Waals surface area contributed by atoms with Crippen molar-refractivity contribution in [3.63, 3.8) is 0 Å². The van der Waals surface area contributed by atoms with Gasteiger partial charge in [-0.2, -0.15) is 13.2 Å². The first kappa shape index (κ1) is 29.3. The Morgan fingerprint density at radius 2 is 1.51 bits per heavy atom. The van der Waals surface area contributed by atoms with Gasteiger partial charge in [-0.15, -0.1) is 0 Å². The van der Waals surface area contributed by atoms with E-state index in [1.165, 1.54) is 12.1 Å². The summed E-state index contributed by atoms with van der Waals surface area (Å²) in [5.74, 6) is -2.61. The van der Waals surface area contributed by atoms with E-state index in [0.29, 0.717) is 17.0 Å². The number of carbonyl (C=O) groups excluding carboxylic acids is 3. The van der Waals surface area contributed by atoms with Crippen LogP contribution in [-0.4, -0.2) is 27.7 Å². The average molecular weight is 700 g/mol. The van der Waals surface area contributed by atoms with Gasteiger partial charge in [-0.05, 0) is 79.9 Å². The molecule has 4 amide bonds. The minimum atomic E-state index is -4.82. The monoisotopic (exact) mass is 698 g/mol. The van der Waals surface area contributed by atoms with Crippen LogP contribution in [0.3, 0.4) is 0 Å². The second kappa shape index (κ2) is 11.1. The molecule has 1 saturated heterocycles. The SMILES string of the molecule is O=C1NC(=O)N(c2ccc([N+](=O)[O-])cc2)C(=O)/C1=C/c1cc(Br)c(Oc2ccc(C(F)(F)F)cc2[N+](=O)[O-])c(Br)c1. The van der Waals surface area contributed by atoms with Crippen LogP contribution >= 0.6 is 31.9 Å². The number of halogens is 5. The number of alkyl halides is 3. The van der Waals surface area contributed by atoms with Crippen molar-refractivity contribution in [2.45, 2.75) is 6.18 Å². The van der Waals surface area contributed by atoms with Crippen LogP contribution in [0.4, 0.5) is 35.0 Å². The summed E-state index contributed by atoms with van der Waals surface area (Å²) < 4.78 is 44.8. The van der Waals surface area contributed by atoms with E-state index in [-0.39, 0.29) is 31.6 Å². The quantitative estimate of drug-likeness (QED) is 0.132. The number of urea groups is 1. The van der Waals surface area contributed by atoms with Gasteiger partial charge in [0.05, 0.1) is 30.0 Å². The van der Waals surface area contributed by atoms with Gasteiger partial charge in [-0.1, -0.05) is 0 Å². The number of nitrogens with one attached hydrogen (secondary N) is 1. The molecule has 210 valence electrons. The molecule has 41 heavy (non-hydrogen) atoms. The number of nitro benzene ring substituents is 2. The van der Waals surface area contributed by atoms with Crippen LogP contribution < -0.4 is 15.0 Å². The number of barbiturate groups is 1. The number of carbonyl (C=O) groups is 3. The maximum absolute atomic E-state index is 13.1. The van der Waals surface area contributed by atoms with Gasteiger partial charge in [0, 0.05) is 18.2 Å². The molecule has 0 unspecified atom stereocenters. The van der Waals surface area contributed by atoms with E-state index in [1.807, 2.05) is 5.32 Å². The van der Waals surface area contributed by atoms with Crippen LogP contribution in [0.2, 0.25) is 0 Å². The van der Waals surface area contributed by atoms with Gasteiger partial charge >= 0.3 is 17.9 Å². The average Bonchev–Trinajstić information content (AvgIpc) is 2.88. The highest BCUT2D eigenvalue weighted by Gasteiger charge is 2.37. The topological polar surface area (TPSA) is 162 Å². The van der Waals surface area contributed by atoms with Crippen molar-refractivity contribution in [1.29, 1.82) is 0 Å². The number of anilines is 1. The summed E-state index contributed by atoms with van der Waals surface area (Å²) in [5, 5.41) is 24.3. The molecule has 1 aliphatic rings. The van der Waals surface area contributed by atoms with Crippen molar-refractivity contribution in [1.82, 2.24) is 5.32 Å². The first-order valence-electron chi connectivity index (χ1n) is 10.9. The highest BCUT2D eigenvalue weighted by Crippen LogP contribution is 2.43. The molecule has 4 rings (SSSR count). The number of hydrogen-bond donors (Lipinski definition) is 1. The summed E-state index contributed by atoms with van der Waals surface area (Å²) in [7, 11) is 0. The molecule has 3 aromatic rings. The van der Waals surface area contributed by atoms with E-state index in [2.05, 4.69) is 31.9 Å². The molecule has 0 aromatic heterocycles. The second-order valence-electron chi connectivity index (χ2n) is 8.08. The number of nitro groups is 2. The number of rotatable bonds is 6. The molecule has 17 heteroatoms. The van der Waals surface area contributed by atoms with Gasteiger partial charge in [-0.3, -0.25) is 35.1 Å². The van der Waals surface area contributed by atoms with E-state index < -0.39 is 56.4 Å². The van der Waals surface area contributed by atoms with Gasteiger partial charge in [0.25, 0.3) is 17.5 Å². The van der Waals surface area contributed by atoms with Crippen molar-refractivity contribution in [2.24, 2.45) is 0 Å². The molecule has 1 heterocycles. The molecule has 0 radical (unpaired) electrons. The summed E-state index contributed by atoms with van der Waals surface area (Å²) in [6, 6.07) is 7.82. The number of nitrogens with zero attached hydrogens (tertiary/aromatic N) is 3. The molecule has 0 spiro atoms. The van der Waals surface area contributed by atoms with Crippen molar-refractivity contribution >= 4 is 72.8 Å². The predicted octanol–water partition coefficient (Wildman–Crippen LogP) is 6.51. The maximum Gasteiger partial charge on any atom is 0.416 e. The third kappa shape index (κ3) is 6.09. The first-order valence-corrected chi connectivity index (χ1v) is 12.4. The Morgan fingerprint density at radius 1 is 0.902 bits per heavy atom. The van der Waals surface area contributed by atoms with Crippen molar-refractivity contribution in [3.8, 4) is 11.5 Å². The largest absolute Gasteiger partial charge is 0.448 e. The number of imide groups is 2. The van der Waals surface area contributed by atoms with Crippen molar-refractivity contribution in [3.05, 3.63) is 100 Å². The van der Waals surface area contributed by atoms with Crippen LogP contribution in [-0.2, 0) is 15.8 Å². The van der Waals surface area contributed by atoms with Crippen LogP contribution in [0, 0.1) is 20.2 Å². The van der Waals surface area contributed by atoms with E-state index in [4.69, 9.17) is 4.74 Å². The Morgan fingerprint density at radius 3 is 2.05 bits per heavy atom. The molecule has 1 aliphatic heterocycles. The minimum Gasteiger partial charge on any atom is -0.448 e. The third-order valence-corrected chi connectivity index (χ3v) is 6.63. The molecular weight excluding hydrogens is 689 g/mol. The zero-order valence-electron chi connectivity index (χ0n) is 19.8. The molecule has 12 nitrogen and oxygen atoms in total. The number of ether oxygens (including phenoxy) is 1. The van der Waals surface area contributed by atoms with Gasteiger partial charge in [-0.25, -0.2) is 9.69 Å². The second-order valence-corrected chi connectivity index (χ2v) is 9.79. The molecular formula is C24H11Br2F3N4O8. The lowest BCUT2D eigenvalue weighted by molar-refractivity contribution is -0.385. The van der Waals surface area contributed by atoms with Gasteiger partial charge in [0.1, 0.15) is 5.57 Å². The normalized spacial score (nSPS) is 14.7. The Balaban J connectivity index is 1.67. The fourth-order valence-electron chi connectivity index (χ4n) is 3.58. The summed E-state index contributed by atoms with van der Waals surface area (Å²) in [4.78, 5) is 59.2. The fourth-order valence-corrected chi connectivity index (χ4v) is 4.96. The van der Waals surface area contributed by atoms with E-state index in [0.717, 1.165) is 36.4 Å². The number of benzene rings is 3. The lowest BCUT2D eigenvalue weighted by Crippen LogP contribution is -2.54. The molecule has 1 N–H and O–H groups in total. The van der Waals surface area contributed by atoms with E-state index >= 15 is 0 Å². The summed E-state index contributed by atoms with van der Waals surface area (Å²) in [6.45, 7) is 0. The summed E-state index contributed by atoms with van der Waals surface area (Å²) >= 11 is 6.39. The minimum absolute atomic E-state index is 0.0410. The molecule has 0 aliphatic carbocycles. The Labute approximate surface area is 242 Å². The zero-order valence-corrected chi connectivity index (χ0v) is 22.9. The predicted molar refractivity (Wildman–Crippen MR) is 142 cm³/mol. The smallest absolute Gasteiger partial charge is 0.416 e. The lowest BCUT2D eigenvalue weighted by Gasteiger charge is -2.26. The summed E-state index contributed by atoms with van der Waals surface area (Å²) in [5.41, 5.74) is -2.79. The summed E-state index contributed by atoms with van der Waals surface area (Å²) in [6.07, 6.45) is -3.69. The highest BCUT2D eigenvalue weighted by molar-refractivity contribution is 9.11. The van der Waals surface area contributed by atoms with Gasteiger partial charge in [0.15, 0.2) is 5.75 Å². The maximum atomic E-state index is 13.1. The Bertz CT molecular complexity index is 1650. The van der Waals surface area contributed by atoms with Crippen LogP contribution in [0.25, 0.3) is 6.08 Å². The van der Waals surface area contributed by atoms with Gasteiger partial charge < -0.3 is 4.74 Å². The molecule has 3 aromatic carbocycles. The van der Waals surface area contributed by atoms with Crippen molar-refractivity contribution in [2.75, 3.05) is 4.90 Å². The van der Waals surface area contributed by atoms with Crippen LogP contribution in [0.5, 0.6) is 11.5 Å². The fraction of sp³-hybridized carbons (Fsp3) is 0.0417. The Hall–Kier alpha value is -4.64. The Kier molecular flexibility index (Phi) is 7.94. The van der Waals surface area contributed by atoms with E-state index in [9.17, 15) is 47.8 Å². The lowest BCUT2D eigenvalue weighted by atomic mass is 10.1. The highest BCUT2D eigenvalue weighted by atomic mass is 79.9. The van der Waals surface area contributed by atoms with Crippen LogP contribution in [0.15, 0.2) is 69.1 Å². The van der Waals surface area contributed by atoms with Crippen LogP contribution in [0.1, 0.15) is 11.1 Å². The molecule has 1 fully saturated rings. The van der Waals surface area contributed by atoms with E-state index in [1.54, 1.807) is 0 Å². The molecule has 0 bridgehead atoms. The number of amides is 4. The number of hydrogen-bond acceptors (Lipinski definition) is 8. The zero-order chi connectivity index (χ0) is 30.2. The number of non-ortho nitro benzene ring substituents is 1.